The molecular weight excluding hydrogens is 283 g/mol. The molecule has 0 N–H and O–H groups in total. The van der Waals surface area contributed by atoms with Gasteiger partial charge in [0.2, 0.25) is 0 Å². The Morgan fingerprint density at radius 1 is 1.14 bits per heavy atom. The van der Waals surface area contributed by atoms with Gasteiger partial charge in [0.05, 0.1) is 0 Å². The quantitative estimate of drug-likeness (QED) is 0.748. The number of fused-ring (bicyclic) bond motifs is 1. The molecule has 3 nitrogen and oxygen atoms in total. The first-order valence-corrected chi connectivity index (χ1v) is 6.70. The first kappa shape index (κ1) is 15.5. The SMILES string of the molecule is CC(=O)c1c(C)ccc2c1CCN(C(=O)C(F)(F)F)CC2. The first-order valence-electron chi connectivity index (χ1n) is 6.70. The van der Waals surface area contributed by atoms with Gasteiger partial charge in [0, 0.05) is 18.7 Å². The summed E-state index contributed by atoms with van der Waals surface area (Å²) < 4.78 is 37.6. The summed E-state index contributed by atoms with van der Waals surface area (Å²) in [6, 6.07) is 3.63. The Bertz CT molecular complexity index is 593. The molecule has 0 bridgehead atoms. The van der Waals surface area contributed by atoms with E-state index < -0.39 is 12.1 Å². The molecule has 1 aliphatic rings. The summed E-state index contributed by atoms with van der Waals surface area (Å²) in [6.07, 6.45) is -4.25. The monoisotopic (exact) mass is 299 g/mol. The zero-order chi connectivity index (χ0) is 15.8. The van der Waals surface area contributed by atoms with Crippen LogP contribution in [0.5, 0.6) is 0 Å². The molecule has 0 saturated carbocycles. The number of halogens is 3. The maximum Gasteiger partial charge on any atom is 0.471 e. The number of hydrogen-bond acceptors (Lipinski definition) is 2. The third-order valence-corrected chi connectivity index (χ3v) is 3.78. The van der Waals surface area contributed by atoms with Crippen molar-refractivity contribution in [1.29, 1.82) is 0 Å². The first-order chi connectivity index (χ1) is 9.71. The molecular formula is C15H16F3NO2. The molecule has 6 heteroatoms. The lowest BCUT2D eigenvalue weighted by Crippen LogP contribution is -2.42. The van der Waals surface area contributed by atoms with Gasteiger partial charge in [-0.1, -0.05) is 12.1 Å². The van der Waals surface area contributed by atoms with Crippen molar-refractivity contribution in [2.45, 2.75) is 32.9 Å². The van der Waals surface area contributed by atoms with Crippen LogP contribution in [0.15, 0.2) is 12.1 Å². The van der Waals surface area contributed by atoms with E-state index in [9.17, 15) is 22.8 Å². The highest BCUT2D eigenvalue weighted by atomic mass is 19.4. The smallest absolute Gasteiger partial charge is 0.334 e. The Labute approximate surface area is 120 Å². The van der Waals surface area contributed by atoms with Crippen LogP contribution >= 0.6 is 0 Å². The van der Waals surface area contributed by atoms with Gasteiger partial charge in [-0.2, -0.15) is 13.2 Å². The number of hydrogen-bond donors (Lipinski definition) is 0. The highest BCUT2D eigenvalue weighted by Gasteiger charge is 2.42. The topological polar surface area (TPSA) is 37.4 Å². The zero-order valence-corrected chi connectivity index (χ0v) is 11.9. The number of ketones is 1. The Morgan fingerprint density at radius 2 is 1.76 bits per heavy atom. The molecule has 2 rings (SSSR count). The summed E-state index contributed by atoms with van der Waals surface area (Å²) in [5.41, 5.74) is 3.02. The van der Waals surface area contributed by atoms with Gasteiger partial charge in [-0.05, 0) is 43.4 Å². The number of carbonyl (C=O) groups is 2. The molecule has 1 aromatic carbocycles. The van der Waals surface area contributed by atoms with Crippen LogP contribution in [0.1, 0.15) is 34.0 Å². The van der Waals surface area contributed by atoms with Gasteiger partial charge in [0.25, 0.3) is 0 Å². The van der Waals surface area contributed by atoms with Crippen LogP contribution in [0.2, 0.25) is 0 Å². The molecule has 0 fully saturated rings. The number of alkyl halides is 3. The van der Waals surface area contributed by atoms with Crippen LogP contribution in [0.25, 0.3) is 0 Å². The minimum atomic E-state index is -4.85. The van der Waals surface area contributed by atoms with Crippen molar-refractivity contribution in [3.05, 3.63) is 34.4 Å². The van der Waals surface area contributed by atoms with E-state index in [-0.39, 0.29) is 25.3 Å². The number of rotatable bonds is 1. The van der Waals surface area contributed by atoms with Gasteiger partial charge in [-0.3, -0.25) is 9.59 Å². The fraction of sp³-hybridized carbons (Fsp3) is 0.467. The lowest BCUT2D eigenvalue weighted by Gasteiger charge is -2.21. The van der Waals surface area contributed by atoms with Crippen molar-refractivity contribution in [2.75, 3.05) is 13.1 Å². The molecule has 21 heavy (non-hydrogen) atoms. The van der Waals surface area contributed by atoms with E-state index in [0.717, 1.165) is 21.6 Å². The fourth-order valence-corrected chi connectivity index (χ4v) is 2.81. The van der Waals surface area contributed by atoms with Crippen LogP contribution in [-0.4, -0.2) is 35.9 Å². The molecule has 0 aromatic heterocycles. The normalized spacial score (nSPS) is 15.4. The van der Waals surface area contributed by atoms with Crippen LogP contribution in [0.4, 0.5) is 13.2 Å². The lowest BCUT2D eigenvalue weighted by molar-refractivity contribution is -0.185. The predicted molar refractivity (Wildman–Crippen MR) is 71.2 cm³/mol. The van der Waals surface area contributed by atoms with Crippen molar-refractivity contribution in [2.24, 2.45) is 0 Å². The minimum Gasteiger partial charge on any atom is -0.334 e. The lowest BCUT2D eigenvalue weighted by atomic mass is 9.91. The van der Waals surface area contributed by atoms with Crippen molar-refractivity contribution < 1.29 is 22.8 Å². The van der Waals surface area contributed by atoms with Gasteiger partial charge in [0.1, 0.15) is 0 Å². The minimum absolute atomic E-state index is 0.0188. The maximum atomic E-state index is 12.5. The van der Waals surface area contributed by atoms with Crippen LogP contribution < -0.4 is 0 Å². The van der Waals surface area contributed by atoms with E-state index in [2.05, 4.69) is 0 Å². The third-order valence-electron chi connectivity index (χ3n) is 3.78. The Morgan fingerprint density at radius 3 is 2.33 bits per heavy atom. The molecule has 1 aromatic rings. The number of carbonyl (C=O) groups excluding carboxylic acids is 2. The second-order valence-corrected chi connectivity index (χ2v) is 5.24. The number of aryl methyl sites for hydroxylation is 1. The van der Waals surface area contributed by atoms with E-state index >= 15 is 0 Å². The van der Waals surface area contributed by atoms with Gasteiger partial charge >= 0.3 is 12.1 Å². The fourth-order valence-electron chi connectivity index (χ4n) is 2.81. The summed E-state index contributed by atoms with van der Waals surface area (Å²) in [6.45, 7) is 3.26. The molecule has 1 heterocycles. The van der Waals surface area contributed by atoms with E-state index in [0.29, 0.717) is 12.0 Å². The van der Waals surface area contributed by atoms with E-state index in [1.54, 1.807) is 13.0 Å². The number of amides is 1. The number of nitrogens with zero attached hydrogens (tertiary/aromatic N) is 1. The summed E-state index contributed by atoms with van der Waals surface area (Å²) >= 11 is 0. The second-order valence-electron chi connectivity index (χ2n) is 5.24. The van der Waals surface area contributed by atoms with Gasteiger partial charge in [-0.15, -0.1) is 0 Å². The van der Waals surface area contributed by atoms with Crippen molar-refractivity contribution in [3.8, 4) is 0 Å². The highest BCUT2D eigenvalue weighted by molar-refractivity contribution is 5.97. The molecule has 0 atom stereocenters. The Kier molecular flexibility index (Phi) is 4.07. The average Bonchev–Trinajstić information content (AvgIpc) is 2.58. The molecule has 114 valence electrons. The summed E-state index contributed by atoms with van der Waals surface area (Å²) in [5.74, 6) is -1.91. The second kappa shape index (κ2) is 5.50. The summed E-state index contributed by atoms with van der Waals surface area (Å²) in [4.78, 5) is 23.9. The van der Waals surface area contributed by atoms with Crippen molar-refractivity contribution in [3.63, 3.8) is 0 Å². The highest BCUT2D eigenvalue weighted by Crippen LogP contribution is 2.26. The number of benzene rings is 1. The molecule has 0 aliphatic carbocycles. The van der Waals surface area contributed by atoms with Gasteiger partial charge in [0.15, 0.2) is 5.78 Å². The molecule has 0 spiro atoms. The van der Waals surface area contributed by atoms with E-state index in [1.807, 2.05) is 6.07 Å². The maximum absolute atomic E-state index is 12.5. The number of Topliss-reactive ketones (excluding diaryl/α,β-unsaturated/α-hetero) is 1. The van der Waals surface area contributed by atoms with E-state index in [4.69, 9.17) is 0 Å². The largest absolute Gasteiger partial charge is 0.471 e. The predicted octanol–water partition coefficient (Wildman–Crippen LogP) is 2.69. The van der Waals surface area contributed by atoms with Crippen LogP contribution in [-0.2, 0) is 17.6 Å². The Balaban J connectivity index is 2.32. The average molecular weight is 299 g/mol. The third kappa shape index (κ3) is 3.09. The van der Waals surface area contributed by atoms with Crippen LogP contribution in [0, 0.1) is 6.92 Å². The van der Waals surface area contributed by atoms with Crippen molar-refractivity contribution in [1.82, 2.24) is 4.90 Å². The van der Waals surface area contributed by atoms with Gasteiger partial charge < -0.3 is 4.90 Å². The summed E-state index contributed by atoms with van der Waals surface area (Å²) in [5, 5.41) is 0. The molecule has 0 radical (unpaired) electrons. The Hall–Kier alpha value is -1.85. The van der Waals surface area contributed by atoms with E-state index in [1.165, 1.54) is 6.92 Å². The molecule has 0 saturated heterocycles. The van der Waals surface area contributed by atoms with Gasteiger partial charge in [-0.25, -0.2) is 0 Å². The standard InChI is InChI=1S/C15H16F3NO2/c1-9-3-4-11-5-7-19(14(21)15(16,17)18)8-6-12(11)13(9)10(2)20/h3-4H,5-8H2,1-2H3. The van der Waals surface area contributed by atoms with Crippen LogP contribution in [0.3, 0.4) is 0 Å². The molecule has 1 aliphatic heterocycles. The summed E-state index contributed by atoms with van der Waals surface area (Å²) in [7, 11) is 0. The zero-order valence-electron chi connectivity index (χ0n) is 11.9. The van der Waals surface area contributed by atoms with Crippen molar-refractivity contribution >= 4 is 11.7 Å². The molecule has 0 unspecified atom stereocenters. The molecule has 1 amide bonds.